The Morgan fingerprint density at radius 1 is 1.04 bits per heavy atom. The van der Waals surface area contributed by atoms with Gasteiger partial charge in [0.05, 0.1) is 14.2 Å². The van der Waals surface area contributed by atoms with Crippen LogP contribution in [0.3, 0.4) is 0 Å². The Hall–Kier alpha value is -2.61. The van der Waals surface area contributed by atoms with Crippen molar-refractivity contribution < 1.29 is 22.7 Å². The summed E-state index contributed by atoms with van der Waals surface area (Å²) >= 11 is 1.12. The Bertz CT molecular complexity index is 864. The third-order valence-corrected chi connectivity index (χ3v) is 4.25. The molecule has 8 heteroatoms. The first-order valence-electron chi connectivity index (χ1n) is 7.23. The van der Waals surface area contributed by atoms with E-state index in [4.69, 9.17) is 13.9 Å². The van der Waals surface area contributed by atoms with Gasteiger partial charge in [0.2, 0.25) is 5.89 Å². The van der Waals surface area contributed by atoms with E-state index in [1.165, 1.54) is 12.1 Å². The molecule has 1 heterocycles. The zero-order valence-corrected chi connectivity index (χ0v) is 14.3. The Kier molecular flexibility index (Phi) is 5.18. The van der Waals surface area contributed by atoms with Gasteiger partial charge >= 0.3 is 0 Å². The Morgan fingerprint density at radius 2 is 1.76 bits per heavy atom. The van der Waals surface area contributed by atoms with Gasteiger partial charge in [-0.2, -0.15) is 0 Å². The van der Waals surface area contributed by atoms with Crippen LogP contribution in [0.25, 0.3) is 11.5 Å². The van der Waals surface area contributed by atoms with Crippen LogP contribution in [-0.2, 0) is 5.75 Å². The van der Waals surface area contributed by atoms with Crippen molar-refractivity contribution in [3.63, 3.8) is 0 Å². The van der Waals surface area contributed by atoms with Gasteiger partial charge in [-0.05, 0) is 18.2 Å². The quantitative estimate of drug-likeness (QED) is 0.607. The summed E-state index contributed by atoms with van der Waals surface area (Å²) in [4.78, 5) is 0. The van der Waals surface area contributed by atoms with Crippen molar-refractivity contribution in [1.82, 2.24) is 10.2 Å². The molecule has 0 spiro atoms. The highest BCUT2D eigenvalue weighted by Gasteiger charge is 2.14. The monoisotopic (exact) mass is 364 g/mol. The van der Waals surface area contributed by atoms with Crippen molar-refractivity contribution in [2.24, 2.45) is 0 Å². The van der Waals surface area contributed by atoms with Crippen LogP contribution in [0, 0.1) is 11.6 Å². The van der Waals surface area contributed by atoms with Gasteiger partial charge in [0, 0.05) is 22.9 Å². The zero-order chi connectivity index (χ0) is 17.8. The van der Waals surface area contributed by atoms with E-state index >= 15 is 0 Å². The molecule has 2 aromatic carbocycles. The van der Waals surface area contributed by atoms with E-state index in [1.807, 2.05) is 0 Å². The average Bonchev–Trinajstić information content (AvgIpc) is 3.11. The van der Waals surface area contributed by atoms with Crippen LogP contribution in [-0.4, -0.2) is 24.4 Å². The molecule has 3 aromatic rings. The average molecular weight is 364 g/mol. The lowest BCUT2D eigenvalue weighted by Crippen LogP contribution is -1.91. The van der Waals surface area contributed by atoms with E-state index in [2.05, 4.69) is 10.2 Å². The number of hydrogen-bond acceptors (Lipinski definition) is 6. The molecule has 0 radical (unpaired) electrons. The molecule has 0 saturated carbocycles. The zero-order valence-electron chi connectivity index (χ0n) is 13.5. The lowest BCUT2D eigenvalue weighted by molar-refractivity contribution is 0.394. The molecule has 0 aliphatic carbocycles. The van der Waals surface area contributed by atoms with Gasteiger partial charge in [0.1, 0.15) is 11.5 Å². The first kappa shape index (κ1) is 17.2. The second-order valence-corrected chi connectivity index (χ2v) is 5.90. The fourth-order valence-corrected chi connectivity index (χ4v) is 2.85. The number of rotatable bonds is 6. The van der Waals surface area contributed by atoms with Gasteiger partial charge in [-0.25, -0.2) is 8.78 Å². The van der Waals surface area contributed by atoms with Crippen LogP contribution in [0.1, 0.15) is 5.56 Å². The molecule has 0 aliphatic heterocycles. The number of hydrogen-bond donors (Lipinski definition) is 0. The molecule has 5 nitrogen and oxygen atoms in total. The van der Waals surface area contributed by atoms with Crippen molar-refractivity contribution in [3.8, 4) is 23.0 Å². The summed E-state index contributed by atoms with van der Waals surface area (Å²) in [7, 11) is 3.09. The maximum Gasteiger partial charge on any atom is 0.277 e. The largest absolute Gasteiger partial charge is 0.497 e. The molecule has 0 saturated heterocycles. The van der Waals surface area contributed by atoms with Crippen molar-refractivity contribution in [2.75, 3.05) is 14.2 Å². The second-order valence-electron chi connectivity index (χ2n) is 4.98. The minimum Gasteiger partial charge on any atom is -0.497 e. The SMILES string of the molecule is COc1cc(OC)cc(-c2nnc(SCc3cccc(F)c3F)o2)c1. The van der Waals surface area contributed by atoms with Gasteiger partial charge in [-0.15, -0.1) is 10.2 Å². The number of benzene rings is 2. The third kappa shape index (κ3) is 3.90. The van der Waals surface area contributed by atoms with E-state index in [9.17, 15) is 8.78 Å². The molecular formula is C17H14F2N2O3S. The minimum absolute atomic E-state index is 0.173. The predicted octanol–water partition coefficient (Wildman–Crippen LogP) is 4.32. The van der Waals surface area contributed by atoms with Crippen LogP contribution in [0.4, 0.5) is 8.78 Å². The highest BCUT2D eigenvalue weighted by molar-refractivity contribution is 7.98. The van der Waals surface area contributed by atoms with E-state index in [0.717, 1.165) is 17.8 Å². The molecule has 25 heavy (non-hydrogen) atoms. The van der Waals surface area contributed by atoms with Crippen LogP contribution in [0.2, 0.25) is 0 Å². The van der Waals surface area contributed by atoms with E-state index in [0.29, 0.717) is 17.1 Å². The Morgan fingerprint density at radius 3 is 2.44 bits per heavy atom. The van der Waals surface area contributed by atoms with Crippen LogP contribution in [0.5, 0.6) is 11.5 Å². The molecule has 3 rings (SSSR count). The normalized spacial score (nSPS) is 10.7. The molecule has 130 valence electrons. The van der Waals surface area contributed by atoms with E-state index in [1.54, 1.807) is 32.4 Å². The predicted molar refractivity (Wildman–Crippen MR) is 88.8 cm³/mol. The van der Waals surface area contributed by atoms with Gasteiger partial charge in [-0.1, -0.05) is 23.9 Å². The molecule has 0 unspecified atom stereocenters. The molecule has 0 bridgehead atoms. The van der Waals surface area contributed by atoms with Gasteiger partial charge in [0.15, 0.2) is 11.6 Å². The standard InChI is InChI=1S/C17H14F2N2O3S/c1-22-12-6-11(7-13(8-12)23-2)16-20-21-17(24-16)25-9-10-4-3-5-14(18)15(10)19/h3-8H,9H2,1-2H3. The first-order chi connectivity index (χ1) is 12.1. The Labute approximate surface area is 147 Å². The number of ether oxygens (including phenoxy) is 2. The van der Waals surface area contributed by atoms with Crippen molar-refractivity contribution >= 4 is 11.8 Å². The van der Waals surface area contributed by atoms with Crippen LogP contribution >= 0.6 is 11.8 Å². The van der Waals surface area contributed by atoms with Gasteiger partial charge in [0.25, 0.3) is 5.22 Å². The number of aromatic nitrogens is 2. The topological polar surface area (TPSA) is 57.4 Å². The molecule has 0 atom stereocenters. The summed E-state index contributed by atoms with van der Waals surface area (Å²) in [5.41, 5.74) is 0.861. The van der Waals surface area contributed by atoms with Crippen LogP contribution in [0.15, 0.2) is 46.0 Å². The number of methoxy groups -OCH3 is 2. The summed E-state index contributed by atoms with van der Waals surface area (Å²) in [6, 6.07) is 9.23. The maximum absolute atomic E-state index is 13.7. The van der Waals surface area contributed by atoms with Gasteiger partial charge < -0.3 is 13.9 Å². The lowest BCUT2D eigenvalue weighted by Gasteiger charge is -2.05. The summed E-state index contributed by atoms with van der Waals surface area (Å²) < 4.78 is 42.9. The molecule has 0 fully saturated rings. The fourth-order valence-electron chi connectivity index (χ4n) is 2.12. The Balaban J connectivity index is 1.77. The molecular weight excluding hydrogens is 350 g/mol. The summed E-state index contributed by atoms with van der Waals surface area (Å²) in [6.45, 7) is 0. The van der Waals surface area contributed by atoms with E-state index < -0.39 is 11.6 Å². The van der Waals surface area contributed by atoms with Crippen molar-refractivity contribution in [1.29, 1.82) is 0 Å². The smallest absolute Gasteiger partial charge is 0.277 e. The third-order valence-electron chi connectivity index (χ3n) is 3.39. The summed E-state index contributed by atoms with van der Waals surface area (Å²) in [6.07, 6.45) is 0. The second kappa shape index (κ2) is 7.52. The van der Waals surface area contributed by atoms with Crippen molar-refractivity contribution in [2.45, 2.75) is 11.0 Å². The lowest BCUT2D eigenvalue weighted by atomic mass is 10.2. The van der Waals surface area contributed by atoms with Crippen molar-refractivity contribution in [3.05, 3.63) is 53.6 Å². The first-order valence-corrected chi connectivity index (χ1v) is 8.22. The molecule has 0 amide bonds. The number of thioether (sulfide) groups is 1. The van der Waals surface area contributed by atoms with E-state index in [-0.39, 0.29) is 22.4 Å². The maximum atomic E-state index is 13.7. The number of nitrogens with zero attached hydrogens (tertiary/aromatic N) is 2. The fraction of sp³-hybridized carbons (Fsp3) is 0.176. The molecule has 0 aliphatic rings. The molecule has 1 aromatic heterocycles. The highest BCUT2D eigenvalue weighted by atomic mass is 32.2. The van der Waals surface area contributed by atoms with Gasteiger partial charge in [-0.3, -0.25) is 0 Å². The summed E-state index contributed by atoms with van der Waals surface area (Å²) in [5, 5.41) is 8.14. The minimum atomic E-state index is -0.882. The number of halogens is 2. The van der Waals surface area contributed by atoms with Crippen LogP contribution < -0.4 is 9.47 Å². The summed E-state index contributed by atoms with van der Waals surface area (Å²) in [5.74, 6) is -0.126. The highest BCUT2D eigenvalue weighted by Crippen LogP contribution is 2.31. The molecule has 0 N–H and O–H groups in total.